The van der Waals surface area contributed by atoms with Crippen molar-refractivity contribution in [3.63, 3.8) is 0 Å². The first-order valence-corrected chi connectivity index (χ1v) is 6.01. The van der Waals surface area contributed by atoms with Gasteiger partial charge in [0.25, 0.3) is 0 Å². The molecule has 19 heavy (non-hydrogen) atoms. The van der Waals surface area contributed by atoms with Gasteiger partial charge in [-0.2, -0.15) is 0 Å². The Balaban J connectivity index is 2.31. The molecule has 0 bridgehead atoms. The molecule has 0 aliphatic heterocycles. The van der Waals surface area contributed by atoms with Crippen LogP contribution in [0.3, 0.4) is 0 Å². The van der Waals surface area contributed by atoms with Crippen molar-refractivity contribution in [1.82, 2.24) is 0 Å². The molecule has 1 aromatic carbocycles. The van der Waals surface area contributed by atoms with Gasteiger partial charge in [0.1, 0.15) is 5.71 Å². The molecule has 0 amide bonds. The first-order valence-electron chi connectivity index (χ1n) is 6.01. The predicted octanol–water partition coefficient (Wildman–Crippen LogP) is 1.48. The Morgan fingerprint density at radius 1 is 1.21 bits per heavy atom. The first-order chi connectivity index (χ1) is 8.93. The average Bonchev–Trinajstić information content (AvgIpc) is 2.38. The molecule has 1 aliphatic carbocycles. The zero-order valence-electron chi connectivity index (χ0n) is 10.9. The van der Waals surface area contributed by atoms with Crippen molar-refractivity contribution in [2.24, 2.45) is 4.99 Å². The highest BCUT2D eigenvalue weighted by Gasteiger charge is 2.43. The van der Waals surface area contributed by atoms with Gasteiger partial charge >= 0.3 is 0 Å². The third-order valence-corrected chi connectivity index (χ3v) is 3.12. The van der Waals surface area contributed by atoms with Gasteiger partial charge in [-0.3, -0.25) is 14.6 Å². The maximum Gasteiger partial charge on any atom is 0.220 e. The highest BCUT2D eigenvalue weighted by atomic mass is 16.3. The Morgan fingerprint density at radius 2 is 1.84 bits per heavy atom. The molecule has 0 spiro atoms. The third kappa shape index (κ3) is 2.53. The van der Waals surface area contributed by atoms with Gasteiger partial charge in [0.15, 0.2) is 11.4 Å². The maximum absolute atomic E-state index is 12.0. The Morgan fingerprint density at radius 3 is 2.47 bits per heavy atom. The second kappa shape index (κ2) is 4.90. The maximum atomic E-state index is 12.0. The van der Waals surface area contributed by atoms with Crippen molar-refractivity contribution >= 4 is 17.3 Å². The average molecular weight is 257 g/mol. The SMILES string of the molecule is CC1=CC(=O)C(C)(O)C(=O)C1=NCc1ccccc1. The minimum Gasteiger partial charge on any atom is -0.374 e. The zero-order valence-corrected chi connectivity index (χ0v) is 10.9. The smallest absolute Gasteiger partial charge is 0.220 e. The van der Waals surface area contributed by atoms with Crippen LogP contribution in [0.2, 0.25) is 0 Å². The minimum absolute atomic E-state index is 0.174. The van der Waals surface area contributed by atoms with Gasteiger partial charge in [0.2, 0.25) is 5.78 Å². The fourth-order valence-electron chi connectivity index (χ4n) is 1.88. The summed E-state index contributed by atoms with van der Waals surface area (Å²) in [6, 6.07) is 9.48. The Kier molecular flexibility index (Phi) is 3.44. The number of nitrogens with zero attached hydrogens (tertiary/aromatic N) is 1. The number of rotatable bonds is 2. The molecule has 0 aromatic heterocycles. The molecule has 1 unspecified atom stereocenters. The van der Waals surface area contributed by atoms with Crippen LogP contribution in [0.1, 0.15) is 19.4 Å². The van der Waals surface area contributed by atoms with E-state index in [0.29, 0.717) is 12.1 Å². The van der Waals surface area contributed by atoms with Gasteiger partial charge in [0, 0.05) is 0 Å². The van der Waals surface area contributed by atoms with Gasteiger partial charge in [-0.15, -0.1) is 0 Å². The lowest BCUT2D eigenvalue weighted by molar-refractivity contribution is -0.142. The van der Waals surface area contributed by atoms with E-state index < -0.39 is 17.2 Å². The number of hydrogen-bond acceptors (Lipinski definition) is 4. The molecule has 0 radical (unpaired) electrons. The van der Waals surface area contributed by atoms with E-state index in [1.807, 2.05) is 30.3 Å². The van der Waals surface area contributed by atoms with Crippen LogP contribution in [0.15, 0.2) is 47.0 Å². The van der Waals surface area contributed by atoms with E-state index in [-0.39, 0.29) is 5.71 Å². The fourth-order valence-corrected chi connectivity index (χ4v) is 1.88. The minimum atomic E-state index is -1.99. The summed E-state index contributed by atoms with van der Waals surface area (Å²) in [5, 5.41) is 9.87. The standard InChI is InChI=1S/C15H15NO3/c1-10-8-12(17)15(2,19)14(18)13(10)16-9-11-6-4-3-5-7-11/h3-8,19H,9H2,1-2H3. The largest absolute Gasteiger partial charge is 0.374 e. The van der Waals surface area contributed by atoms with Crippen LogP contribution < -0.4 is 0 Å². The number of benzene rings is 1. The van der Waals surface area contributed by atoms with E-state index in [0.717, 1.165) is 5.56 Å². The monoisotopic (exact) mass is 257 g/mol. The van der Waals surface area contributed by atoms with Crippen molar-refractivity contribution in [2.45, 2.75) is 26.0 Å². The molecule has 98 valence electrons. The number of allylic oxidation sites excluding steroid dienone is 1. The quantitative estimate of drug-likeness (QED) is 0.816. The molecule has 0 fully saturated rings. The number of aliphatic hydroxyl groups is 1. The molecule has 1 aromatic rings. The van der Waals surface area contributed by atoms with E-state index in [1.54, 1.807) is 6.92 Å². The Bertz CT molecular complexity index is 583. The number of aliphatic imine (C=N–C) groups is 1. The van der Waals surface area contributed by atoms with Crippen LogP contribution in [0.5, 0.6) is 0 Å². The second-order valence-corrected chi connectivity index (χ2v) is 4.74. The number of Topliss-reactive ketones (excluding diaryl/α,β-unsaturated/α-hetero) is 1. The molecular weight excluding hydrogens is 242 g/mol. The highest BCUT2D eigenvalue weighted by molar-refractivity contribution is 6.54. The molecule has 1 atom stereocenters. The van der Waals surface area contributed by atoms with Gasteiger partial charge < -0.3 is 5.11 Å². The Hall–Kier alpha value is -2.07. The summed E-state index contributed by atoms with van der Waals surface area (Å²) in [7, 11) is 0. The summed E-state index contributed by atoms with van der Waals surface area (Å²) >= 11 is 0. The Labute approximate surface area is 111 Å². The zero-order chi connectivity index (χ0) is 14.0. The van der Waals surface area contributed by atoms with E-state index >= 15 is 0 Å². The molecule has 2 rings (SSSR count). The van der Waals surface area contributed by atoms with Crippen LogP contribution in [-0.4, -0.2) is 28.0 Å². The van der Waals surface area contributed by atoms with Crippen LogP contribution in [0.25, 0.3) is 0 Å². The van der Waals surface area contributed by atoms with Crippen LogP contribution in [0.4, 0.5) is 0 Å². The fraction of sp³-hybridized carbons (Fsp3) is 0.267. The van der Waals surface area contributed by atoms with Crippen molar-refractivity contribution in [2.75, 3.05) is 0 Å². The lowest BCUT2D eigenvalue weighted by atomic mass is 9.83. The highest BCUT2D eigenvalue weighted by Crippen LogP contribution is 2.20. The molecule has 4 heteroatoms. The summed E-state index contributed by atoms with van der Waals surface area (Å²) < 4.78 is 0. The van der Waals surface area contributed by atoms with Gasteiger partial charge in [0.05, 0.1) is 6.54 Å². The second-order valence-electron chi connectivity index (χ2n) is 4.74. The normalized spacial score (nSPS) is 25.6. The first kappa shape index (κ1) is 13.4. The molecule has 0 heterocycles. The summed E-state index contributed by atoms with van der Waals surface area (Å²) in [5.74, 6) is -1.22. The van der Waals surface area contributed by atoms with Gasteiger partial charge in [-0.25, -0.2) is 0 Å². The van der Waals surface area contributed by atoms with Crippen LogP contribution in [0, 0.1) is 0 Å². The summed E-state index contributed by atoms with van der Waals surface area (Å²) in [6.07, 6.45) is 1.27. The predicted molar refractivity (Wildman–Crippen MR) is 72.0 cm³/mol. The summed E-state index contributed by atoms with van der Waals surface area (Å²) in [6.45, 7) is 3.20. The van der Waals surface area contributed by atoms with Gasteiger partial charge in [-0.05, 0) is 31.1 Å². The lowest BCUT2D eigenvalue weighted by Gasteiger charge is -2.24. The lowest BCUT2D eigenvalue weighted by Crippen LogP contribution is -2.50. The molecule has 1 aliphatic rings. The van der Waals surface area contributed by atoms with Crippen molar-refractivity contribution in [3.8, 4) is 0 Å². The number of hydrogen-bond donors (Lipinski definition) is 1. The molecule has 4 nitrogen and oxygen atoms in total. The summed E-state index contributed by atoms with van der Waals surface area (Å²) in [5.41, 5.74) is -0.354. The van der Waals surface area contributed by atoms with Gasteiger partial charge in [-0.1, -0.05) is 30.3 Å². The number of ketones is 2. The third-order valence-electron chi connectivity index (χ3n) is 3.12. The van der Waals surface area contributed by atoms with E-state index in [4.69, 9.17) is 0 Å². The van der Waals surface area contributed by atoms with Crippen LogP contribution >= 0.6 is 0 Å². The van der Waals surface area contributed by atoms with E-state index in [9.17, 15) is 14.7 Å². The van der Waals surface area contributed by atoms with Crippen molar-refractivity contribution < 1.29 is 14.7 Å². The molecule has 0 saturated heterocycles. The molecule has 0 saturated carbocycles. The molecule has 1 N–H and O–H groups in total. The summed E-state index contributed by atoms with van der Waals surface area (Å²) in [4.78, 5) is 27.8. The van der Waals surface area contributed by atoms with E-state index in [1.165, 1.54) is 13.0 Å². The van der Waals surface area contributed by atoms with Crippen molar-refractivity contribution in [3.05, 3.63) is 47.5 Å². The topological polar surface area (TPSA) is 66.7 Å². The molecular formula is C15H15NO3. The van der Waals surface area contributed by atoms with E-state index in [2.05, 4.69) is 4.99 Å². The number of carbonyl (C=O) groups excluding carboxylic acids is 2. The number of carbonyl (C=O) groups is 2. The van der Waals surface area contributed by atoms with Crippen molar-refractivity contribution in [1.29, 1.82) is 0 Å². The van der Waals surface area contributed by atoms with Crippen LogP contribution in [-0.2, 0) is 16.1 Å².